The highest BCUT2D eigenvalue weighted by atomic mass is 16.4. The number of aromatic nitrogens is 4. The molecule has 3 heterocycles. The summed E-state index contributed by atoms with van der Waals surface area (Å²) in [5, 5.41) is 10.5. The topological polar surface area (TPSA) is 80.9 Å². The number of benzene rings is 2. The normalized spacial score (nSPS) is 11.3. The first-order valence-electron chi connectivity index (χ1n) is 10.2. The van der Waals surface area contributed by atoms with Crippen LogP contribution in [-0.4, -0.2) is 30.6 Å². The molecule has 1 N–H and O–H groups in total. The molecular formula is C25H20N4O2. The summed E-state index contributed by atoms with van der Waals surface area (Å²) >= 11 is 0. The summed E-state index contributed by atoms with van der Waals surface area (Å²) in [6.45, 7) is 2.77. The van der Waals surface area contributed by atoms with Gasteiger partial charge in [-0.3, -0.25) is 0 Å². The number of imidazole rings is 1. The van der Waals surface area contributed by atoms with Crippen LogP contribution in [0.2, 0.25) is 0 Å². The van der Waals surface area contributed by atoms with Crippen molar-refractivity contribution in [2.45, 2.75) is 19.9 Å². The molecule has 0 fully saturated rings. The molecule has 0 atom stereocenters. The SMILES string of the molecule is CCc1nc2cccnc2n1Cc1ccc2nc(-c3ccccc3C(=O)O)ccc2c1. The number of pyridine rings is 2. The maximum atomic E-state index is 11.6. The molecule has 0 radical (unpaired) electrons. The van der Waals surface area contributed by atoms with Crippen molar-refractivity contribution in [1.82, 2.24) is 19.5 Å². The number of nitrogens with zero attached hydrogens (tertiary/aromatic N) is 4. The van der Waals surface area contributed by atoms with E-state index in [2.05, 4.69) is 28.6 Å². The van der Waals surface area contributed by atoms with Gasteiger partial charge in [0, 0.05) is 23.6 Å². The summed E-state index contributed by atoms with van der Waals surface area (Å²) in [7, 11) is 0. The third kappa shape index (κ3) is 3.42. The van der Waals surface area contributed by atoms with E-state index >= 15 is 0 Å². The number of hydrogen-bond donors (Lipinski definition) is 1. The molecule has 0 bridgehead atoms. The van der Waals surface area contributed by atoms with Crippen LogP contribution in [0.3, 0.4) is 0 Å². The Bertz CT molecular complexity index is 1440. The van der Waals surface area contributed by atoms with Crippen LogP contribution in [0.4, 0.5) is 0 Å². The largest absolute Gasteiger partial charge is 0.478 e. The summed E-state index contributed by atoms with van der Waals surface area (Å²) in [5.41, 5.74) is 5.26. The molecule has 0 spiro atoms. The predicted molar refractivity (Wildman–Crippen MR) is 120 cm³/mol. The standard InChI is InChI=1S/C25H20N4O2/c1-2-23-28-22-8-5-13-26-24(22)29(23)15-16-9-11-20-17(14-16)10-12-21(27-20)18-6-3-4-7-19(18)25(30)31/h3-14H,2,15H2,1H3,(H,30,31). The Morgan fingerprint density at radius 3 is 2.68 bits per heavy atom. The quantitative estimate of drug-likeness (QED) is 0.445. The first-order valence-corrected chi connectivity index (χ1v) is 10.2. The zero-order valence-electron chi connectivity index (χ0n) is 17.0. The molecule has 5 aromatic rings. The average Bonchev–Trinajstić information content (AvgIpc) is 3.16. The Kier molecular flexibility index (Phi) is 4.67. The van der Waals surface area contributed by atoms with Crippen LogP contribution in [0.5, 0.6) is 0 Å². The van der Waals surface area contributed by atoms with Crippen molar-refractivity contribution < 1.29 is 9.90 Å². The van der Waals surface area contributed by atoms with Crippen LogP contribution < -0.4 is 0 Å². The fraction of sp³-hybridized carbons (Fsp3) is 0.120. The molecule has 31 heavy (non-hydrogen) atoms. The van der Waals surface area contributed by atoms with Gasteiger partial charge in [-0.1, -0.05) is 37.3 Å². The summed E-state index contributed by atoms with van der Waals surface area (Å²) in [4.78, 5) is 25.5. The van der Waals surface area contributed by atoms with E-state index in [9.17, 15) is 9.90 Å². The second-order valence-electron chi connectivity index (χ2n) is 7.39. The zero-order chi connectivity index (χ0) is 21.4. The monoisotopic (exact) mass is 408 g/mol. The molecule has 0 saturated heterocycles. The third-order valence-electron chi connectivity index (χ3n) is 5.43. The van der Waals surface area contributed by atoms with Gasteiger partial charge >= 0.3 is 5.97 Å². The third-order valence-corrected chi connectivity index (χ3v) is 5.43. The number of carboxylic acids is 1. The molecular weight excluding hydrogens is 388 g/mol. The Balaban J connectivity index is 1.53. The molecule has 0 saturated carbocycles. The molecule has 6 nitrogen and oxygen atoms in total. The molecule has 152 valence electrons. The minimum absolute atomic E-state index is 0.248. The van der Waals surface area contributed by atoms with Crippen LogP contribution in [0.1, 0.15) is 28.7 Å². The lowest BCUT2D eigenvalue weighted by Gasteiger charge is -2.10. The summed E-state index contributed by atoms with van der Waals surface area (Å²) in [6, 6.07) is 20.8. The number of hydrogen-bond acceptors (Lipinski definition) is 4. The number of carboxylic acid groups (broad SMARTS) is 1. The maximum absolute atomic E-state index is 11.6. The van der Waals surface area contributed by atoms with E-state index in [1.54, 1.807) is 24.4 Å². The van der Waals surface area contributed by atoms with E-state index in [1.807, 2.05) is 36.4 Å². The Labute approximate surface area is 178 Å². The maximum Gasteiger partial charge on any atom is 0.336 e. The van der Waals surface area contributed by atoms with Crippen molar-refractivity contribution in [1.29, 1.82) is 0 Å². The molecule has 0 aliphatic rings. The average molecular weight is 408 g/mol. The number of aromatic carboxylic acids is 1. The van der Waals surface area contributed by atoms with Gasteiger partial charge in [0.15, 0.2) is 5.65 Å². The van der Waals surface area contributed by atoms with E-state index < -0.39 is 5.97 Å². The van der Waals surface area contributed by atoms with E-state index in [0.717, 1.165) is 39.9 Å². The Morgan fingerprint density at radius 2 is 1.84 bits per heavy atom. The second kappa shape index (κ2) is 7.65. The van der Waals surface area contributed by atoms with Crippen molar-refractivity contribution in [2.24, 2.45) is 0 Å². The molecule has 6 heteroatoms. The lowest BCUT2D eigenvalue weighted by atomic mass is 10.0. The highest BCUT2D eigenvalue weighted by Crippen LogP contribution is 2.26. The van der Waals surface area contributed by atoms with E-state index in [4.69, 9.17) is 9.97 Å². The minimum atomic E-state index is -0.958. The van der Waals surface area contributed by atoms with E-state index in [0.29, 0.717) is 17.8 Å². The molecule has 0 amide bonds. The highest BCUT2D eigenvalue weighted by Gasteiger charge is 2.13. The molecule has 2 aromatic carbocycles. The summed E-state index contributed by atoms with van der Waals surface area (Å²) in [6.07, 6.45) is 2.62. The van der Waals surface area contributed by atoms with E-state index in [-0.39, 0.29) is 5.56 Å². The van der Waals surface area contributed by atoms with Gasteiger partial charge < -0.3 is 9.67 Å². The van der Waals surface area contributed by atoms with Gasteiger partial charge in [-0.05, 0) is 42.0 Å². The smallest absolute Gasteiger partial charge is 0.336 e. The second-order valence-corrected chi connectivity index (χ2v) is 7.39. The van der Waals surface area contributed by atoms with Crippen LogP contribution in [0.25, 0.3) is 33.3 Å². The van der Waals surface area contributed by atoms with Crippen LogP contribution in [-0.2, 0) is 13.0 Å². The number of carbonyl (C=O) groups is 1. The number of aryl methyl sites for hydroxylation is 1. The van der Waals surface area contributed by atoms with E-state index in [1.165, 1.54) is 0 Å². The first-order chi connectivity index (χ1) is 15.1. The first kappa shape index (κ1) is 18.9. The van der Waals surface area contributed by atoms with Gasteiger partial charge in [0.25, 0.3) is 0 Å². The summed E-state index contributed by atoms with van der Waals surface area (Å²) < 4.78 is 2.15. The van der Waals surface area contributed by atoms with Crippen LogP contribution in [0.15, 0.2) is 72.9 Å². The molecule has 0 unspecified atom stereocenters. The highest BCUT2D eigenvalue weighted by molar-refractivity contribution is 5.96. The van der Waals surface area contributed by atoms with Crippen molar-refractivity contribution in [2.75, 3.05) is 0 Å². The lowest BCUT2D eigenvalue weighted by molar-refractivity contribution is 0.0697. The zero-order valence-corrected chi connectivity index (χ0v) is 17.0. The fourth-order valence-electron chi connectivity index (χ4n) is 3.94. The Hall–Kier alpha value is -4.06. The minimum Gasteiger partial charge on any atom is -0.478 e. The van der Waals surface area contributed by atoms with Gasteiger partial charge in [-0.15, -0.1) is 0 Å². The van der Waals surface area contributed by atoms with Crippen LogP contribution >= 0.6 is 0 Å². The lowest BCUT2D eigenvalue weighted by Crippen LogP contribution is -2.05. The van der Waals surface area contributed by atoms with Crippen molar-refractivity contribution in [3.63, 3.8) is 0 Å². The number of rotatable bonds is 5. The predicted octanol–water partition coefficient (Wildman–Crippen LogP) is 4.96. The van der Waals surface area contributed by atoms with Crippen molar-refractivity contribution in [3.05, 3.63) is 89.9 Å². The molecule has 5 rings (SSSR count). The van der Waals surface area contributed by atoms with Crippen molar-refractivity contribution >= 4 is 28.0 Å². The van der Waals surface area contributed by atoms with Crippen molar-refractivity contribution in [3.8, 4) is 11.3 Å². The Morgan fingerprint density at radius 1 is 0.968 bits per heavy atom. The van der Waals surface area contributed by atoms with Gasteiger partial charge in [0.1, 0.15) is 11.3 Å². The van der Waals surface area contributed by atoms with Gasteiger partial charge in [-0.2, -0.15) is 0 Å². The molecule has 3 aromatic heterocycles. The summed E-state index contributed by atoms with van der Waals surface area (Å²) in [5.74, 6) is 0.0493. The van der Waals surface area contributed by atoms with Crippen LogP contribution in [0, 0.1) is 0 Å². The fourth-order valence-corrected chi connectivity index (χ4v) is 3.94. The molecule has 0 aliphatic carbocycles. The molecule has 0 aliphatic heterocycles. The number of fused-ring (bicyclic) bond motifs is 2. The van der Waals surface area contributed by atoms with Gasteiger partial charge in [0.2, 0.25) is 0 Å². The van der Waals surface area contributed by atoms with Gasteiger partial charge in [0.05, 0.1) is 23.3 Å². The van der Waals surface area contributed by atoms with Gasteiger partial charge in [-0.25, -0.2) is 19.7 Å².